The largest absolute Gasteiger partial charge is 0.507 e. The Balaban J connectivity index is 2.07. The highest BCUT2D eigenvalue weighted by atomic mass is 35.5. The summed E-state index contributed by atoms with van der Waals surface area (Å²) < 4.78 is 0. The second-order valence-corrected chi connectivity index (χ2v) is 7.83. The smallest absolute Gasteiger partial charge is 0.194 e. The molecule has 28 heavy (non-hydrogen) atoms. The molecule has 4 heteroatoms. The number of halogens is 2. The second-order valence-electron chi connectivity index (χ2n) is 7.01. The number of ketones is 1. The summed E-state index contributed by atoms with van der Waals surface area (Å²) in [4.78, 5) is 13.3. The van der Waals surface area contributed by atoms with E-state index in [4.69, 9.17) is 23.2 Å². The molecule has 4 rings (SSSR count). The lowest BCUT2D eigenvalue weighted by Gasteiger charge is -2.25. The van der Waals surface area contributed by atoms with Gasteiger partial charge in [0.05, 0.1) is 5.57 Å². The SMILES string of the molecule is Cc1cccc(C)c1[C@@H](C1=C(O)c2ccccc2C1=O)c1c(Cl)cccc1Cl. The van der Waals surface area contributed by atoms with Crippen LogP contribution >= 0.6 is 23.2 Å². The highest BCUT2D eigenvalue weighted by Gasteiger charge is 2.38. The number of allylic oxidation sites excluding steroid dienone is 1. The van der Waals surface area contributed by atoms with Crippen molar-refractivity contribution in [2.45, 2.75) is 19.8 Å². The van der Waals surface area contributed by atoms with Crippen LogP contribution in [0.5, 0.6) is 0 Å². The molecule has 3 aromatic rings. The van der Waals surface area contributed by atoms with Gasteiger partial charge in [0.25, 0.3) is 0 Å². The lowest BCUT2D eigenvalue weighted by molar-refractivity contribution is 0.103. The Bertz CT molecular complexity index is 1050. The molecule has 0 saturated carbocycles. The number of Topliss-reactive ketones (excluding diaryl/α,β-unsaturated/α-hetero) is 1. The fourth-order valence-electron chi connectivity index (χ4n) is 4.06. The topological polar surface area (TPSA) is 37.3 Å². The van der Waals surface area contributed by atoms with Crippen LogP contribution in [-0.4, -0.2) is 10.9 Å². The molecule has 0 amide bonds. The van der Waals surface area contributed by atoms with Gasteiger partial charge >= 0.3 is 0 Å². The molecule has 1 aliphatic carbocycles. The molecule has 0 spiro atoms. The van der Waals surface area contributed by atoms with Crippen LogP contribution in [0.15, 0.2) is 66.2 Å². The summed E-state index contributed by atoms with van der Waals surface area (Å²) in [5, 5.41) is 12.0. The summed E-state index contributed by atoms with van der Waals surface area (Å²) in [7, 11) is 0. The van der Waals surface area contributed by atoms with E-state index in [1.54, 1.807) is 36.4 Å². The van der Waals surface area contributed by atoms with Crippen LogP contribution in [-0.2, 0) is 0 Å². The van der Waals surface area contributed by atoms with Crippen molar-refractivity contribution in [3.63, 3.8) is 0 Å². The van der Waals surface area contributed by atoms with E-state index in [-0.39, 0.29) is 11.5 Å². The van der Waals surface area contributed by atoms with Crippen molar-refractivity contribution in [1.82, 2.24) is 0 Å². The van der Waals surface area contributed by atoms with Crippen LogP contribution in [0.4, 0.5) is 0 Å². The maximum atomic E-state index is 13.3. The number of hydrogen-bond acceptors (Lipinski definition) is 2. The first-order valence-corrected chi connectivity index (χ1v) is 9.74. The highest BCUT2D eigenvalue weighted by Crippen LogP contribution is 2.47. The Morgan fingerprint density at radius 1 is 0.750 bits per heavy atom. The monoisotopic (exact) mass is 408 g/mol. The minimum Gasteiger partial charge on any atom is -0.507 e. The minimum atomic E-state index is -0.567. The molecular formula is C24H18Cl2O2. The standard InChI is InChI=1S/C24H18Cl2O2/c1-13-7-5-8-14(2)19(13)21(20-17(25)11-6-12-18(20)26)22-23(27)15-9-3-4-10-16(15)24(22)28/h3-12,21,27H,1-2H3/t21-/m1/s1. The molecule has 3 aromatic carbocycles. The van der Waals surface area contributed by atoms with Gasteiger partial charge in [0.1, 0.15) is 5.76 Å². The van der Waals surface area contributed by atoms with Gasteiger partial charge in [0.2, 0.25) is 0 Å². The highest BCUT2D eigenvalue weighted by molar-refractivity contribution is 6.36. The fourth-order valence-corrected chi connectivity index (χ4v) is 4.67. The number of carbonyl (C=O) groups is 1. The van der Waals surface area contributed by atoms with Crippen LogP contribution in [0.2, 0.25) is 10.0 Å². The molecule has 0 fully saturated rings. The molecular weight excluding hydrogens is 391 g/mol. The van der Waals surface area contributed by atoms with Gasteiger partial charge in [-0.15, -0.1) is 0 Å². The molecule has 2 nitrogen and oxygen atoms in total. The van der Waals surface area contributed by atoms with Gasteiger partial charge in [-0.05, 0) is 42.7 Å². The van der Waals surface area contributed by atoms with E-state index in [1.807, 2.05) is 38.1 Å². The zero-order chi connectivity index (χ0) is 20.0. The average molecular weight is 409 g/mol. The van der Waals surface area contributed by atoms with Gasteiger partial charge in [-0.3, -0.25) is 4.79 Å². The molecule has 0 aliphatic heterocycles. The number of hydrogen-bond donors (Lipinski definition) is 1. The molecule has 0 radical (unpaired) electrons. The van der Waals surface area contributed by atoms with Crippen molar-refractivity contribution in [3.8, 4) is 0 Å². The molecule has 0 saturated heterocycles. The molecule has 0 unspecified atom stereocenters. The number of fused-ring (bicyclic) bond motifs is 1. The summed E-state index contributed by atoms with van der Waals surface area (Å²) >= 11 is 13.1. The van der Waals surface area contributed by atoms with Gasteiger partial charge < -0.3 is 5.11 Å². The molecule has 0 aromatic heterocycles. The van der Waals surface area contributed by atoms with Crippen molar-refractivity contribution >= 4 is 34.7 Å². The number of benzene rings is 3. The number of aliphatic hydroxyl groups excluding tert-OH is 1. The fraction of sp³-hybridized carbons (Fsp3) is 0.125. The lowest BCUT2D eigenvalue weighted by Crippen LogP contribution is -2.15. The van der Waals surface area contributed by atoms with Gasteiger partial charge in [0.15, 0.2) is 5.78 Å². The molecule has 0 heterocycles. The number of rotatable bonds is 3. The Labute approximate surface area is 174 Å². The predicted molar refractivity (Wildman–Crippen MR) is 115 cm³/mol. The summed E-state index contributed by atoms with van der Waals surface area (Å²) in [6, 6.07) is 18.3. The van der Waals surface area contributed by atoms with Crippen LogP contribution < -0.4 is 0 Å². The Morgan fingerprint density at radius 3 is 1.86 bits per heavy atom. The Kier molecular flexibility index (Phi) is 4.78. The lowest BCUT2D eigenvalue weighted by atomic mass is 9.79. The summed E-state index contributed by atoms with van der Waals surface area (Å²) in [6.07, 6.45) is 0. The maximum Gasteiger partial charge on any atom is 0.194 e. The van der Waals surface area contributed by atoms with E-state index in [1.165, 1.54) is 0 Å². The van der Waals surface area contributed by atoms with Crippen LogP contribution in [0.1, 0.15) is 44.1 Å². The van der Waals surface area contributed by atoms with E-state index < -0.39 is 5.92 Å². The number of carbonyl (C=O) groups excluding carboxylic acids is 1. The van der Waals surface area contributed by atoms with E-state index >= 15 is 0 Å². The molecule has 1 atom stereocenters. The van der Waals surface area contributed by atoms with Crippen LogP contribution in [0.3, 0.4) is 0 Å². The summed E-state index contributed by atoms with van der Waals surface area (Å²) in [6.45, 7) is 3.98. The Hall–Kier alpha value is -2.55. The average Bonchev–Trinajstić information content (AvgIpc) is 2.91. The van der Waals surface area contributed by atoms with Crippen molar-refractivity contribution < 1.29 is 9.90 Å². The first-order valence-electron chi connectivity index (χ1n) is 8.99. The summed E-state index contributed by atoms with van der Waals surface area (Å²) in [5.41, 5.74) is 4.92. The Morgan fingerprint density at radius 2 is 1.29 bits per heavy atom. The molecule has 140 valence electrons. The van der Waals surface area contributed by atoms with Gasteiger partial charge in [-0.2, -0.15) is 0 Å². The second kappa shape index (κ2) is 7.12. The predicted octanol–water partition coefficient (Wildman–Crippen LogP) is 6.91. The van der Waals surface area contributed by atoms with Crippen LogP contribution in [0, 0.1) is 13.8 Å². The van der Waals surface area contributed by atoms with Crippen molar-refractivity contribution in [3.05, 3.63) is 110 Å². The van der Waals surface area contributed by atoms with Crippen LogP contribution in [0.25, 0.3) is 5.76 Å². The van der Waals surface area contributed by atoms with Gasteiger partial charge in [-0.1, -0.05) is 71.7 Å². The molecule has 1 aliphatic rings. The van der Waals surface area contributed by atoms with E-state index in [2.05, 4.69) is 0 Å². The van der Waals surface area contributed by atoms with Crippen molar-refractivity contribution in [2.75, 3.05) is 0 Å². The molecule has 1 N–H and O–H groups in total. The zero-order valence-electron chi connectivity index (χ0n) is 15.5. The summed E-state index contributed by atoms with van der Waals surface area (Å²) in [5.74, 6) is -0.775. The first-order chi connectivity index (χ1) is 13.4. The quantitative estimate of drug-likeness (QED) is 0.511. The maximum absolute atomic E-state index is 13.3. The van der Waals surface area contributed by atoms with E-state index in [0.717, 1.165) is 16.7 Å². The third kappa shape index (κ3) is 2.85. The third-order valence-electron chi connectivity index (χ3n) is 5.33. The minimum absolute atomic E-state index is 0.00996. The van der Waals surface area contributed by atoms with E-state index in [0.29, 0.717) is 32.3 Å². The zero-order valence-corrected chi connectivity index (χ0v) is 17.0. The van der Waals surface area contributed by atoms with E-state index in [9.17, 15) is 9.90 Å². The number of aliphatic hydroxyl groups is 1. The third-order valence-corrected chi connectivity index (χ3v) is 5.99. The normalized spacial score (nSPS) is 14.4. The van der Waals surface area contributed by atoms with Crippen molar-refractivity contribution in [1.29, 1.82) is 0 Å². The first kappa shape index (κ1) is 18.8. The van der Waals surface area contributed by atoms with Crippen molar-refractivity contribution in [2.24, 2.45) is 0 Å². The molecule has 0 bridgehead atoms. The number of aryl methyl sites for hydroxylation is 2. The van der Waals surface area contributed by atoms with Gasteiger partial charge in [0, 0.05) is 32.7 Å². The van der Waals surface area contributed by atoms with Gasteiger partial charge in [-0.25, -0.2) is 0 Å².